The minimum atomic E-state index is -0.190. The van der Waals surface area contributed by atoms with Crippen molar-refractivity contribution in [2.75, 3.05) is 13.6 Å². The summed E-state index contributed by atoms with van der Waals surface area (Å²) in [6, 6.07) is 7.39. The van der Waals surface area contributed by atoms with Crippen LogP contribution in [0.3, 0.4) is 0 Å². The highest BCUT2D eigenvalue weighted by Crippen LogP contribution is 2.14. The number of hydrogen-bond donors (Lipinski definition) is 2. The quantitative estimate of drug-likeness (QED) is 0.282. The number of carbonyl (C=O) groups excluding carboxylic acids is 1. The van der Waals surface area contributed by atoms with E-state index >= 15 is 0 Å². The largest absolute Gasteiger partial charge is 0.409 e. The fourth-order valence-corrected chi connectivity index (χ4v) is 2.14. The molecule has 18 heavy (non-hydrogen) atoms. The zero-order valence-corrected chi connectivity index (χ0v) is 12.5. The van der Waals surface area contributed by atoms with Gasteiger partial charge in [0.05, 0.1) is 5.56 Å². The van der Waals surface area contributed by atoms with Crippen LogP contribution in [-0.4, -0.2) is 35.4 Å². The van der Waals surface area contributed by atoms with E-state index in [-0.39, 0.29) is 17.7 Å². The molecular formula is C12H16IN3O2. The van der Waals surface area contributed by atoms with E-state index in [2.05, 4.69) is 27.7 Å². The molecule has 5 nitrogen and oxygen atoms in total. The van der Waals surface area contributed by atoms with Crippen LogP contribution in [-0.2, 0) is 0 Å². The number of nitrogens with zero attached hydrogens (tertiary/aromatic N) is 2. The Morgan fingerprint density at radius 2 is 2.17 bits per heavy atom. The summed E-state index contributed by atoms with van der Waals surface area (Å²) in [5, 5.41) is 11.5. The lowest BCUT2D eigenvalue weighted by Gasteiger charge is -2.21. The molecular weight excluding hydrogens is 345 g/mol. The van der Waals surface area contributed by atoms with E-state index in [1.165, 1.54) is 0 Å². The smallest absolute Gasteiger partial charge is 0.254 e. The maximum absolute atomic E-state index is 12.2. The van der Waals surface area contributed by atoms with Crippen molar-refractivity contribution < 1.29 is 10.0 Å². The molecule has 0 aliphatic heterocycles. The molecule has 0 spiro atoms. The molecule has 1 rings (SSSR count). The summed E-state index contributed by atoms with van der Waals surface area (Å²) in [6.45, 7) is 2.20. The number of oxime groups is 1. The Bertz CT molecular complexity index is 462. The molecule has 0 aromatic heterocycles. The van der Waals surface area contributed by atoms with Gasteiger partial charge in [0.15, 0.2) is 0 Å². The molecule has 1 unspecified atom stereocenters. The minimum Gasteiger partial charge on any atom is -0.409 e. The van der Waals surface area contributed by atoms with Crippen molar-refractivity contribution in [2.24, 2.45) is 16.8 Å². The molecule has 1 amide bonds. The van der Waals surface area contributed by atoms with Gasteiger partial charge in [-0.25, -0.2) is 0 Å². The monoisotopic (exact) mass is 361 g/mol. The van der Waals surface area contributed by atoms with Crippen LogP contribution in [0.1, 0.15) is 17.3 Å². The van der Waals surface area contributed by atoms with E-state index in [0.29, 0.717) is 12.1 Å². The first-order valence-corrected chi connectivity index (χ1v) is 6.52. The van der Waals surface area contributed by atoms with Gasteiger partial charge in [-0.1, -0.05) is 24.2 Å². The van der Waals surface area contributed by atoms with Crippen LogP contribution in [0.5, 0.6) is 0 Å². The number of rotatable bonds is 4. The number of carbonyl (C=O) groups is 1. The normalized spacial score (nSPS) is 13.2. The molecule has 6 heteroatoms. The van der Waals surface area contributed by atoms with E-state index < -0.39 is 0 Å². The van der Waals surface area contributed by atoms with Crippen molar-refractivity contribution in [3.8, 4) is 0 Å². The van der Waals surface area contributed by atoms with E-state index in [4.69, 9.17) is 10.9 Å². The maximum atomic E-state index is 12.2. The highest BCUT2D eigenvalue weighted by molar-refractivity contribution is 14.1. The van der Waals surface area contributed by atoms with Gasteiger partial charge in [-0.15, -0.1) is 0 Å². The molecule has 0 aliphatic carbocycles. The number of amides is 1. The van der Waals surface area contributed by atoms with Crippen molar-refractivity contribution in [2.45, 2.75) is 6.92 Å². The summed E-state index contributed by atoms with van der Waals surface area (Å²) >= 11 is 2.13. The first-order valence-electron chi connectivity index (χ1n) is 5.44. The number of halogens is 1. The van der Waals surface area contributed by atoms with Gasteiger partial charge in [-0.05, 0) is 34.7 Å². The average Bonchev–Trinajstić information content (AvgIpc) is 2.37. The SMILES string of the molecule is CC(CN(C)C(=O)c1ccccc1I)C(N)=NO. The number of nitrogens with two attached hydrogens (primary N) is 1. The Kier molecular flexibility index (Phi) is 5.39. The number of hydrogen-bond acceptors (Lipinski definition) is 3. The molecule has 1 atom stereocenters. The molecule has 98 valence electrons. The summed E-state index contributed by atoms with van der Waals surface area (Å²) in [5.74, 6) is -0.139. The van der Waals surface area contributed by atoms with Crippen molar-refractivity contribution in [3.63, 3.8) is 0 Å². The zero-order chi connectivity index (χ0) is 13.7. The van der Waals surface area contributed by atoms with Crippen molar-refractivity contribution in [1.82, 2.24) is 4.90 Å². The predicted octanol–water partition coefficient (Wildman–Crippen LogP) is 1.75. The molecule has 1 aromatic rings. The predicted molar refractivity (Wildman–Crippen MR) is 78.7 cm³/mol. The lowest BCUT2D eigenvalue weighted by molar-refractivity contribution is 0.0785. The second kappa shape index (κ2) is 6.58. The van der Waals surface area contributed by atoms with Crippen LogP contribution in [0.2, 0.25) is 0 Å². The second-order valence-electron chi connectivity index (χ2n) is 4.09. The van der Waals surface area contributed by atoms with Crippen LogP contribution in [0, 0.1) is 9.49 Å². The van der Waals surface area contributed by atoms with E-state index in [9.17, 15) is 4.79 Å². The van der Waals surface area contributed by atoms with Crippen molar-refractivity contribution >= 4 is 34.3 Å². The fraction of sp³-hybridized carbons (Fsp3) is 0.333. The highest BCUT2D eigenvalue weighted by atomic mass is 127. The van der Waals surface area contributed by atoms with Crippen LogP contribution in [0.25, 0.3) is 0 Å². The molecule has 1 aromatic carbocycles. The average molecular weight is 361 g/mol. The van der Waals surface area contributed by atoms with Gasteiger partial charge in [0.25, 0.3) is 5.91 Å². The van der Waals surface area contributed by atoms with Gasteiger partial charge in [0.2, 0.25) is 0 Å². The topological polar surface area (TPSA) is 78.9 Å². The molecule has 0 aliphatic rings. The van der Waals surface area contributed by atoms with E-state index in [0.717, 1.165) is 3.57 Å². The van der Waals surface area contributed by atoms with Crippen LogP contribution >= 0.6 is 22.6 Å². The van der Waals surface area contributed by atoms with E-state index in [1.54, 1.807) is 24.9 Å². The zero-order valence-electron chi connectivity index (χ0n) is 10.3. The van der Waals surface area contributed by atoms with Crippen LogP contribution < -0.4 is 5.73 Å². The van der Waals surface area contributed by atoms with Gasteiger partial charge in [0.1, 0.15) is 5.84 Å². The Hall–Kier alpha value is -1.31. The lowest BCUT2D eigenvalue weighted by Crippen LogP contribution is -2.36. The third-order valence-corrected chi connectivity index (χ3v) is 3.56. The Morgan fingerprint density at radius 3 is 2.72 bits per heavy atom. The van der Waals surface area contributed by atoms with E-state index in [1.807, 2.05) is 18.2 Å². The van der Waals surface area contributed by atoms with Crippen molar-refractivity contribution in [1.29, 1.82) is 0 Å². The number of benzene rings is 1. The maximum Gasteiger partial charge on any atom is 0.254 e. The Morgan fingerprint density at radius 1 is 1.56 bits per heavy atom. The summed E-state index contributed by atoms with van der Waals surface area (Å²) in [7, 11) is 1.70. The van der Waals surface area contributed by atoms with Crippen molar-refractivity contribution in [3.05, 3.63) is 33.4 Å². The van der Waals surface area contributed by atoms with Crippen LogP contribution in [0.15, 0.2) is 29.4 Å². The molecule has 0 saturated heterocycles. The summed E-state index contributed by atoms with van der Waals surface area (Å²) in [4.78, 5) is 13.8. The highest BCUT2D eigenvalue weighted by Gasteiger charge is 2.18. The lowest BCUT2D eigenvalue weighted by atomic mass is 10.1. The molecule has 0 saturated carbocycles. The minimum absolute atomic E-state index is 0.0717. The molecule has 0 radical (unpaired) electrons. The molecule has 0 fully saturated rings. The first-order chi connectivity index (χ1) is 8.47. The van der Waals surface area contributed by atoms with Gasteiger partial charge < -0.3 is 15.8 Å². The molecule has 0 heterocycles. The molecule has 0 bridgehead atoms. The molecule has 3 N–H and O–H groups in total. The van der Waals surface area contributed by atoms with Gasteiger partial charge >= 0.3 is 0 Å². The number of amidine groups is 1. The van der Waals surface area contributed by atoms with Gasteiger partial charge in [-0.2, -0.15) is 0 Å². The third-order valence-electron chi connectivity index (χ3n) is 2.62. The van der Waals surface area contributed by atoms with Gasteiger partial charge in [0, 0.05) is 23.1 Å². The Balaban J connectivity index is 2.77. The summed E-state index contributed by atoms with van der Waals surface area (Å²) < 4.78 is 0.906. The van der Waals surface area contributed by atoms with Crippen LogP contribution in [0.4, 0.5) is 0 Å². The first kappa shape index (κ1) is 14.7. The van der Waals surface area contributed by atoms with Gasteiger partial charge in [-0.3, -0.25) is 4.79 Å². The second-order valence-corrected chi connectivity index (χ2v) is 5.25. The summed E-state index contributed by atoms with van der Waals surface area (Å²) in [5.41, 5.74) is 6.15. The third kappa shape index (κ3) is 3.59. The standard InChI is InChI=1S/C12H16IN3O2/c1-8(11(14)15-18)7-16(2)12(17)9-5-3-4-6-10(9)13/h3-6,8,18H,7H2,1-2H3,(H2,14,15). The fourth-order valence-electron chi connectivity index (χ4n) is 1.53. The Labute approximate surface area is 120 Å². The summed E-state index contributed by atoms with van der Waals surface area (Å²) in [6.07, 6.45) is 0.